The summed E-state index contributed by atoms with van der Waals surface area (Å²) in [6.07, 6.45) is 37.1. The van der Waals surface area contributed by atoms with Gasteiger partial charge in [-0.2, -0.15) is 0 Å². The van der Waals surface area contributed by atoms with Crippen LogP contribution in [0.15, 0.2) is 60.8 Å². The third-order valence-corrected chi connectivity index (χ3v) is 6.06. The van der Waals surface area contributed by atoms with Crippen molar-refractivity contribution >= 4 is 11.9 Å². The Morgan fingerprint density at radius 2 is 1.15 bits per heavy atom. The molecule has 0 saturated carbocycles. The molecule has 0 bridgehead atoms. The van der Waals surface area contributed by atoms with E-state index in [1.807, 2.05) is 12.2 Å². The van der Waals surface area contributed by atoms with E-state index in [-0.39, 0.29) is 25.6 Å². The number of carbonyl (C=O) groups excluding carboxylic acids is 2. The van der Waals surface area contributed by atoms with Gasteiger partial charge >= 0.3 is 11.9 Å². The maximum Gasteiger partial charge on any atom is 0.306 e. The zero-order valence-corrected chi connectivity index (χ0v) is 24.9. The van der Waals surface area contributed by atoms with Crippen LogP contribution in [0.25, 0.3) is 0 Å². The number of esters is 2. The van der Waals surface area contributed by atoms with Gasteiger partial charge in [-0.05, 0) is 64.2 Å². The van der Waals surface area contributed by atoms with E-state index in [2.05, 4.69) is 62.5 Å². The van der Waals surface area contributed by atoms with Crippen LogP contribution < -0.4 is 0 Å². The molecule has 1 unspecified atom stereocenters. The summed E-state index contributed by atoms with van der Waals surface area (Å²) in [7, 11) is 0. The first-order valence-corrected chi connectivity index (χ1v) is 15.3. The molecule has 0 aromatic heterocycles. The average Bonchev–Trinajstić information content (AvgIpc) is 2.94. The zero-order chi connectivity index (χ0) is 28.7. The van der Waals surface area contributed by atoms with Crippen molar-refractivity contribution in [2.75, 3.05) is 13.2 Å². The van der Waals surface area contributed by atoms with Crippen molar-refractivity contribution in [2.24, 2.45) is 0 Å². The SMILES string of the molecule is CC/C=C\C/C=C\C/C=C\C/C=C\CCC(=O)OC(CO)COC(=O)CCCCCCC/C=C\CCCCC. The number of ether oxygens (including phenoxy) is 2. The molecule has 5 nitrogen and oxygen atoms in total. The lowest BCUT2D eigenvalue weighted by Gasteiger charge is -2.15. The minimum Gasteiger partial charge on any atom is -0.462 e. The molecule has 0 aromatic rings. The van der Waals surface area contributed by atoms with E-state index in [0.717, 1.165) is 51.4 Å². The van der Waals surface area contributed by atoms with Gasteiger partial charge < -0.3 is 14.6 Å². The number of hydrogen-bond donors (Lipinski definition) is 1. The largest absolute Gasteiger partial charge is 0.462 e. The van der Waals surface area contributed by atoms with Crippen molar-refractivity contribution in [2.45, 2.75) is 129 Å². The van der Waals surface area contributed by atoms with Crippen LogP contribution in [-0.4, -0.2) is 36.4 Å². The van der Waals surface area contributed by atoms with Gasteiger partial charge in [-0.15, -0.1) is 0 Å². The Morgan fingerprint density at radius 1 is 0.615 bits per heavy atom. The van der Waals surface area contributed by atoms with Gasteiger partial charge in [0, 0.05) is 12.8 Å². The molecule has 0 amide bonds. The summed E-state index contributed by atoms with van der Waals surface area (Å²) >= 11 is 0. The lowest BCUT2D eigenvalue weighted by molar-refractivity contribution is -0.161. The molecule has 0 aliphatic carbocycles. The van der Waals surface area contributed by atoms with Crippen LogP contribution in [0.5, 0.6) is 0 Å². The van der Waals surface area contributed by atoms with Gasteiger partial charge in [-0.25, -0.2) is 0 Å². The summed E-state index contributed by atoms with van der Waals surface area (Å²) in [6, 6.07) is 0. The smallest absolute Gasteiger partial charge is 0.306 e. The highest BCUT2D eigenvalue weighted by Crippen LogP contribution is 2.09. The Hall–Kier alpha value is -2.40. The molecule has 0 aromatic carbocycles. The number of carbonyl (C=O) groups is 2. The molecular formula is C34H56O5. The molecule has 39 heavy (non-hydrogen) atoms. The molecule has 5 heteroatoms. The standard InChI is InChI=1S/C34H56O5/c1-3-5-7-9-11-13-15-17-19-21-23-25-27-29-34(37)39-32(30-35)31-38-33(36)28-26-24-22-20-18-16-14-12-10-8-6-4-2/h5,7,11-14,17,19,23,25,32,35H,3-4,6,8-10,15-16,18,20-22,24,26-31H2,1-2H3/b7-5-,13-11-,14-12-,19-17-,25-23-. The first-order valence-electron chi connectivity index (χ1n) is 15.3. The Balaban J connectivity index is 3.76. The number of unbranched alkanes of at least 4 members (excludes halogenated alkanes) is 8. The van der Waals surface area contributed by atoms with E-state index in [1.165, 1.54) is 38.5 Å². The quantitative estimate of drug-likeness (QED) is 0.0669. The fraction of sp³-hybridized carbons (Fsp3) is 0.647. The summed E-state index contributed by atoms with van der Waals surface area (Å²) in [5.74, 6) is -0.706. The van der Waals surface area contributed by atoms with E-state index in [9.17, 15) is 14.7 Å². The molecule has 0 rings (SSSR count). The van der Waals surface area contributed by atoms with Crippen LogP contribution in [-0.2, 0) is 19.1 Å². The third kappa shape index (κ3) is 28.4. The van der Waals surface area contributed by atoms with Crippen molar-refractivity contribution in [3.05, 3.63) is 60.8 Å². The number of allylic oxidation sites excluding steroid dienone is 10. The van der Waals surface area contributed by atoms with E-state index in [0.29, 0.717) is 12.8 Å². The second-order valence-corrected chi connectivity index (χ2v) is 9.79. The zero-order valence-electron chi connectivity index (χ0n) is 24.9. The van der Waals surface area contributed by atoms with Gasteiger partial charge in [0.05, 0.1) is 6.61 Å². The molecule has 0 heterocycles. The van der Waals surface area contributed by atoms with Crippen molar-refractivity contribution in [1.82, 2.24) is 0 Å². The van der Waals surface area contributed by atoms with Crippen LogP contribution in [0.4, 0.5) is 0 Å². The Kier molecular flexibility index (Phi) is 28.3. The molecule has 0 aliphatic rings. The summed E-state index contributed by atoms with van der Waals surface area (Å²) in [4.78, 5) is 24.0. The van der Waals surface area contributed by atoms with Crippen molar-refractivity contribution in [3.8, 4) is 0 Å². The van der Waals surface area contributed by atoms with Crippen molar-refractivity contribution in [1.29, 1.82) is 0 Å². The van der Waals surface area contributed by atoms with E-state index >= 15 is 0 Å². The minimum atomic E-state index is -0.811. The second-order valence-electron chi connectivity index (χ2n) is 9.79. The average molecular weight is 545 g/mol. The molecule has 0 saturated heterocycles. The number of aliphatic hydroxyl groups is 1. The lowest BCUT2D eigenvalue weighted by Crippen LogP contribution is -2.28. The minimum absolute atomic E-state index is 0.102. The van der Waals surface area contributed by atoms with Crippen LogP contribution in [0.3, 0.4) is 0 Å². The Bertz CT molecular complexity index is 717. The van der Waals surface area contributed by atoms with Gasteiger partial charge in [0.1, 0.15) is 6.61 Å². The van der Waals surface area contributed by atoms with Crippen LogP contribution in [0.2, 0.25) is 0 Å². The van der Waals surface area contributed by atoms with Gasteiger partial charge in [-0.3, -0.25) is 9.59 Å². The fourth-order valence-corrected chi connectivity index (χ4v) is 3.74. The summed E-state index contributed by atoms with van der Waals surface area (Å²) in [5, 5.41) is 9.46. The van der Waals surface area contributed by atoms with E-state index in [1.54, 1.807) is 0 Å². The fourth-order valence-electron chi connectivity index (χ4n) is 3.74. The van der Waals surface area contributed by atoms with Gasteiger partial charge in [0.25, 0.3) is 0 Å². The first-order chi connectivity index (χ1) is 19.1. The molecule has 0 fully saturated rings. The highest BCUT2D eigenvalue weighted by Gasteiger charge is 2.15. The number of rotatable bonds is 26. The molecule has 0 spiro atoms. The molecular weight excluding hydrogens is 488 g/mol. The highest BCUT2D eigenvalue weighted by atomic mass is 16.6. The van der Waals surface area contributed by atoms with E-state index in [4.69, 9.17) is 9.47 Å². The summed E-state index contributed by atoms with van der Waals surface area (Å²) < 4.78 is 10.4. The van der Waals surface area contributed by atoms with Gasteiger partial charge in [0.2, 0.25) is 0 Å². The van der Waals surface area contributed by atoms with Crippen molar-refractivity contribution in [3.63, 3.8) is 0 Å². The summed E-state index contributed by atoms with van der Waals surface area (Å²) in [6.45, 7) is 3.89. The number of hydrogen-bond acceptors (Lipinski definition) is 5. The third-order valence-electron chi connectivity index (χ3n) is 6.06. The monoisotopic (exact) mass is 544 g/mol. The predicted molar refractivity (Wildman–Crippen MR) is 163 cm³/mol. The van der Waals surface area contributed by atoms with Crippen LogP contribution in [0, 0.1) is 0 Å². The maximum absolute atomic E-state index is 12.0. The van der Waals surface area contributed by atoms with E-state index < -0.39 is 12.1 Å². The molecule has 1 N–H and O–H groups in total. The molecule has 1 atom stereocenters. The molecule has 0 aliphatic heterocycles. The van der Waals surface area contributed by atoms with Gasteiger partial charge in [-0.1, -0.05) is 107 Å². The maximum atomic E-state index is 12.0. The normalized spacial score (nSPS) is 13.0. The molecule has 222 valence electrons. The predicted octanol–water partition coefficient (Wildman–Crippen LogP) is 8.89. The van der Waals surface area contributed by atoms with Gasteiger partial charge in [0.15, 0.2) is 6.10 Å². The lowest BCUT2D eigenvalue weighted by atomic mass is 10.1. The summed E-state index contributed by atoms with van der Waals surface area (Å²) in [5.41, 5.74) is 0. The van der Waals surface area contributed by atoms with Crippen molar-refractivity contribution < 1.29 is 24.2 Å². The Morgan fingerprint density at radius 3 is 1.77 bits per heavy atom. The Labute approximate surface area is 239 Å². The molecule has 0 radical (unpaired) electrons. The topological polar surface area (TPSA) is 72.8 Å². The second kappa shape index (κ2) is 30.1. The first kappa shape index (κ1) is 36.6. The number of aliphatic hydroxyl groups excluding tert-OH is 1. The van der Waals surface area contributed by atoms with Crippen LogP contribution >= 0.6 is 0 Å². The highest BCUT2D eigenvalue weighted by molar-refractivity contribution is 5.70. The van der Waals surface area contributed by atoms with Crippen LogP contribution in [0.1, 0.15) is 123 Å².